The van der Waals surface area contributed by atoms with Crippen LogP contribution < -0.4 is 0 Å². The fourth-order valence-corrected chi connectivity index (χ4v) is 6.91. The summed E-state index contributed by atoms with van der Waals surface area (Å²) in [5, 5.41) is 21.6. The number of hydrogen-bond acceptors (Lipinski definition) is 2. The van der Waals surface area contributed by atoms with E-state index in [2.05, 4.69) is 13.0 Å². The number of phenols is 1. The second kappa shape index (κ2) is 7.38. The van der Waals surface area contributed by atoms with Crippen molar-refractivity contribution in [3.05, 3.63) is 70.8 Å². The van der Waals surface area contributed by atoms with Crippen LogP contribution in [0.5, 0.6) is 5.75 Å². The van der Waals surface area contributed by atoms with Crippen molar-refractivity contribution in [1.82, 2.24) is 0 Å². The number of aliphatic hydroxyl groups is 1. The molecule has 0 unspecified atom stereocenters. The fraction of sp³-hybridized carbons (Fsp3) is 0.481. The van der Waals surface area contributed by atoms with E-state index in [0.29, 0.717) is 35.5 Å². The zero-order chi connectivity index (χ0) is 22.7. The molecule has 5 rings (SSSR count). The molecule has 2 aromatic rings. The molecule has 0 saturated heterocycles. The molecule has 0 heterocycles. The van der Waals surface area contributed by atoms with Gasteiger partial charge in [-0.3, -0.25) is 0 Å². The standard InChI is InChI=1S/C27H29F3O2/c1-25-13-11-22-21-9-7-20(31)16-18(21)4-8-23(22)24(25)12-15-26(25,32)14-10-17-2-5-19(6-3-17)27(28,29)30/h2-3,5-7,9-10,14,16,22-24,31-32H,4,8,11-13,15H2,1H3/b14-10-/t22-,23-,24+,25+,26+/m1/s1. The molecule has 0 aromatic heterocycles. The topological polar surface area (TPSA) is 40.5 Å². The first-order chi connectivity index (χ1) is 15.1. The summed E-state index contributed by atoms with van der Waals surface area (Å²) in [4.78, 5) is 0. The Hall–Kier alpha value is -2.27. The van der Waals surface area contributed by atoms with Crippen LogP contribution in [0.1, 0.15) is 67.2 Å². The molecule has 32 heavy (non-hydrogen) atoms. The number of phenolic OH excluding ortho intramolecular Hbond substituents is 1. The van der Waals surface area contributed by atoms with E-state index < -0.39 is 17.3 Å². The molecule has 2 nitrogen and oxygen atoms in total. The second-order valence-corrected chi connectivity index (χ2v) is 10.2. The van der Waals surface area contributed by atoms with Gasteiger partial charge in [0.05, 0.1) is 11.2 Å². The Kier molecular flexibility index (Phi) is 4.97. The SMILES string of the molecule is C[C@]12CC[C@@H]3c4ccc(O)cc4CC[C@H]3[C@@H]1CC[C@@]2(O)/C=C\c1ccc(C(F)(F)F)cc1. The lowest BCUT2D eigenvalue weighted by Crippen LogP contribution is -2.49. The predicted molar refractivity (Wildman–Crippen MR) is 118 cm³/mol. The lowest BCUT2D eigenvalue weighted by atomic mass is 9.53. The van der Waals surface area contributed by atoms with Gasteiger partial charge in [0.25, 0.3) is 0 Å². The van der Waals surface area contributed by atoms with Crippen LogP contribution in [0.3, 0.4) is 0 Å². The average Bonchev–Trinajstić information content (AvgIpc) is 3.03. The van der Waals surface area contributed by atoms with Crippen molar-refractivity contribution in [2.45, 2.75) is 63.1 Å². The molecule has 0 aliphatic heterocycles. The van der Waals surface area contributed by atoms with E-state index in [9.17, 15) is 23.4 Å². The molecule has 3 aliphatic rings. The maximum atomic E-state index is 12.8. The summed E-state index contributed by atoms with van der Waals surface area (Å²) < 4.78 is 38.5. The van der Waals surface area contributed by atoms with Crippen LogP contribution >= 0.6 is 0 Å². The third-order valence-electron chi connectivity index (χ3n) is 8.71. The zero-order valence-electron chi connectivity index (χ0n) is 18.2. The predicted octanol–water partition coefficient (Wildman–Crippen LogP) is 6.71. The number of benzene rings is 2. The molecule has 5 atom stereocenters. The first-order valence-electron chi connectivity index (χ1n) is 11.5. The molecule has 2 saturated carbocycles. The summed E-state index contributed by atoms with van der Waals surface area (Å²) in [7, 11) is 0. The molecule has 0 bridgehead atoms. The summed E-state index contributed by atoms with van der Waals surface area (Å²) in [5.41, 5.74) is 1.41. The number of rotatable bonds is 2. The minimum Gasteiger partial charge on any atom is -0.508 e. The van der Waals surface area contributed by atoms with Gasteiger partial charge in [-0.2, -0.15) is 13.2 Å². The van der Waals surface area contributed by atoms with Gasteiger partial charge in [0, 0.05) is 5.41 Å². The van der Waals surface area contributed by atoms with E-state index in [1.165, 1.54) is 23.3 Å². The molecule has 2 aromatic carbocycles. The normalized spacial score (nSPS) is 34.2. The van der Waals surface area contributed by atoms with Gasteiger partial charge in [0.15, 0.2) is 0 Å². The van der Waals surface area contributed by atoms with Gasteiger partial charge in [-0.15, -0.1) is 0 Å². The summed E-state index contributed by atoms with van der Waals surface area (Å²) >= 11 is 0. The summed E-state index contributed by atoms with van der Waals surface area (Å²) in [6.45, 7) is 2.20. The molecule has 0 spiro atoms. The maximum Gasteiger partial charge on any atom is 0.416 e. The molecular weight excluding hydrogens is 413 g/mol. The van der Waals surface area contributed by atoms with E-state index in [1.807, 2.05) is 12.1 Å². The molecule has 3 aliphatic carbocycles. The van der Waals surface area contributed by atoms with E-state index in [4.69, 9.17) is 0 Å². The lowest BCUT2D eigenvalue weighted by molar-refractivity contribution is -0.137. The Balaban J connectivity index is 1.38. The van der Waals surface area contributed by atoms with Crippen LogP contribution in [0.2, 0.25) is 0 Å². The summed E-state index contributed by atoms with van der Waals surface area (Å²) in [6, 6.07) is 10.9. The van der Waals surface area contributed by atoms with Crippen LogP contribution in [0, 0.1) is 17.3 Å². The maximum absolute atomic E-state index is 12.8. The van der Waals surface area contributed by atoms with Crippen molar-refractivity contribution in [1.29, 1.82) is 0 Å². The minimum atomic E-state index is -4.34. The van der Waals surface area contributed by atoms with Gasteiger partial charge in [0.2, 0.25) is 0 Å². The Morgan fingerprint density at radius 2 is 1.75 bits per heavy atom. The quantitative estimate of drug-likeness (QED) is 0.543. The van der Waals surface area contributed by atoms with E-state index >= 15 is 0 Å². The molecular formula is C27H29F3O2. The number of alkyl halides is 3. The summed E-state index contributed by atoms with van der Waals surface area (Å²) in [5.74, 6) is 1.72. The van der Waals surface area contributed by atoms with E-state index in [0.717, 1.165) is 44.2 Å². The Morgan fingerprint density at radius 3 is 2.47 bits per heavy atom. The van der Waals surface area contributed by atoms with E-state index in [1.54, 1.807) is 12.1 Å². The highest BCUT2D eigenvalue weighted by Gasteiger charge is 2.60. The zero-order valence-corrected chi connectivity index (χ0v) is 18.2. The molecule has 170 valence electrons. The summed E-state index contributed by atoms with van der Waals surface area (Å²) in [6.07, 6.45) is 4.85. The average molecular weight is 443 g/mol. The number of aryl methyl sites for hydroxylation is 1. The van der Waals surface area contributed by atoms with Crippen molar-refractivity contribution in [3.63, 3.8) is 0 Å². The first kappa shape index (κ1) is 21.6. The molecule has 0 amide bonds. The van der Waals surface area contributed by atoms with Crippen molar-refractivity contribution in [3.8, 4) is 5.75 Å². The molecule has 5 heteroatoms. The Labute approximate surface area is 186 Å². The molecule has 2 N–H and O–H groups in total. The fourth-order valence-electron chi connectivity index (χ4n) is 6.91. The highest BCUT2D eigenvalue weighted by Crippen LogP contribution is 2.64. The number of aromatic hydroxyl groups is 1. The highest BCUT2D eigenvalue weighted by atomic mass is 19.4. The van der Waals surface area contributed by atoms with Gasteiger partial charge >= 0.3 is 6.18 Å². The van der Waals surface area contributed by atoms with Crippen LogP contribution in [-0.4, -0.2) is 15.8 Å². The largest absolute Gasteiger partial charge is 0.508 e. The van der Waals surface area contributed by atoms with Crippen molar-refractivity contribution >= 4 is 6.08 Å². The van der Waals surface area contributed by atoms with Gasteiger partial charge in [-0.05, 0) is 97.2 Å². The van der Waals surface area contributed by atoms with Crippen molar-refractivity contribution < 1.29 is 23.4 Å². The van der Waals surface area contributed by atoms with Crippen molar-refractivity contribution in [2.75, 3.05) is 0 Å². The smallest absolute Gasteiger partial charge is 0.416 e. The third-order valence-corrected chi connectivity index (χ3v) is 8.71. The number of hydrogen-bond donors (Lipinski definition) is 2. The van der Waals surface area contributed by atoms with Gasteiger partial charge in [-0.1, -0.05) is 37.3 Å². The first-order valence-corrected chi connectivity index (χ1v) is 11.5. The monoisotopic (exact) mass is 442 g/mol. The third kappa shape index (κ3) is 3.37. The van der Waals surface area contributed by atoms with Crippen LogP contribution in [-0.2, 0) is 12.6 Å². The lowest BCUT2D eigenvalue weighted by Gasteiger charge is -2.52. The highest BCUT2D eigenvalue weighted by molar-refractivity contribution is 5.52. The van der Waals surface area contributed by atoms with Crippen LogP contribution in [0.15, 0.2) is 48.5 Å². The van der Waals surface area contributed by atoms with E-state index in [-0.39, 0.29) is 5.41 Å². The number of fused-ring (bicyclic) bond motifs is 5. The van der Waals surface area contributed by atoms with Gasteiger partial charge < -0.3 is 10.2 Å². The van der Waals surface area contributed by atoms with Gasteiger partial charge in [-0.25, -0.2) is 0 Å². The second-order valence-electron chi connectivity index (χ2n) is 10.2. The number of halogens is 3. The van der Waals surface area contributed by atoms with Crippen molar-refractivity contribution in [2.24, 2.45) is 17.3 Å². The minimum absolute atomic E-state index is 0.245. The van der Waals surface area contributed by atoms with Crippen LogP contribution in [0.25, 0.3) is 6.08 Å². The Morgan fingerprint density at radius 1 is 1.00 bits per heavy atom. The Bertz CT molecular complexity index is 1040. The van der Waals surface area contributed by atoms with Gasteiger partial charge in [0.1, 0.15) is 5.75 Å². The van der Waals surface area contributed by atoms with Crippen LogP contribution in [0.4, 0.5) is 13.2 Å². The molecule has 2 fully saturated rings. The molecule has 0 radical (unpaired) electrons.